The maximum atomic E-state index is 13.9. The molecule has 5 rings (SSSR count). The number of fused-ring (bicyclic) bond motifs is 3. The fourth-order valence-electron chi connectivity index (χ4n) is 4.57. The SMILES string of the molecule is COc1ccc(C2c3[nH]c4ccc(Cl)cc4c3CCN2S(=O)(=O)c2ccccc2OC)cc1. The van der Waals surface area contributed by atoms with Gasteiger partial charge in [0.1, 0.15) is 16.4 Å². The van der Waals surface area contributed by atoms with E-state index in [1.165, 1.54) is 7.11 Å². The van der Waals surface area contributed by atoms with E-state index in [1.807, 2.05) is 42.5 Å². The number of nitrogens with zero attached hydrogens (tertiary/aromatic N) is 1. The molecule has 0 fully saturated rings. The van der Waals surface area contributed by atoms with E-state index >= 15 is 0 Å². The third-order valence-electron chi connectivity index (χ3n) is 6.13. The first-order valence-corrected chi connectivity index (χ1v) is 12.3. The Balaban J connectivity index is 1.72. The number of benzene rings is 3. The number of para-hydroxylation sites is 1. The molecule has 0 radical (unpaired) electrons. The number of H-pyrrole nitrogens is 1. The summed E-state index contributed by atoms with van der Waals surface area (Å²) in [5.74, 6) is 1.03. The van der Waals surface area contributed by atoms with E-state index in [0.29, 0.717) is 29.5 Å². The van der Waals surface area contributed by atoms with Crippen LogP contribution >= 0.6 is 11.6 Å². The van der Waals surface area contributed by atoms with Crippen molar-refractivity contribution in [3.8, 4) is 11.5 Å². The molecule has 8 heteroatoms. The number of aromatic amines is 1. The van der Waals surface area contributed by atoms with Crippen molar-refractivity contribution in [3.05, 3.63) is 88.6 Å². The van der Waals surface area contributed by atoms with Gasteiger partial charge in [-0.15, -0.1) is 0 Å². The van der Waals surface area contributed by atoms with Gasteiger partial charge in [-0.25, -0.2) is 8.42 Å². The lowest BCUT2D eigenvalue weighted by Crippen LogP contribution is -2.40. The van der Waals surface area contributed by atoms with Crippen molar-refractivity contribution in [2.45, 2.75) is 17.4 Å². The first-order chi connectivity index (χ1) is 15.9. The smallest absolute Gasteiger partial charge is 0.247 e. The van der Waals surface area contributed by atoms with Crippen molar-refractivity contribution in [2.75, 3.05) is 20.8 Å². The summed E-state index contributed by atoms with van der Waals surface area (Å²) in [7, 11) is -0.793. The summed E-state index contributed by atoms with van der Waals surface area (Å²) in [6, 6.07) is 19.4. The Morgan fingerprint density at radius 3 is 2.48 bits per heavy atom. The van der Waals surface area contributed by atoms with Gasteiger partial charge in [0.25, 0.3) is 0 Å². The lowest BCUT2D eigenvalue weighted by molar-refractivity contribution is 0.336. The highest BCUT2D eigenvalue weighted by molar-refractivity contribution is 7.89. The lowest BCUT2D eigenvalue weighted by Gasteiger charge is -2.35. The second-order valence-electron chi connectivity index (χ2n) is 7.90. The number of ether oxygens (including phenoxy) is 2. The van der Waals surface area contributed by atoms with Gasteiger partial charge in [-0.2, -0.15) is 4.31 Å². The van der Waals surface area contributed by atoms with E-state index < -0.39 is 16.1 Å². The van der Waals surface area contributed by atoms with Crippen LogP contribution in [0.2, 0.25) is 5.02 Å². The highest BCUT2D eigenvalue weighted by atomic mass is 35.5. The molecule has 0 spiro atoms. The Kier molecular flexibility index (Phi) is 5.56. The van der Waals surface area contributed by atoms with Crippen LogP contribution in [0.5, 0.6) is 11.5 Å². The molecule has 3 aromatic carbocycles. The number of aromatic nitrogens is 1. The maximum Gasteiger partial charge on any atom is 0.247 e. The molecule has 0 aliphatic carbocycles. The van der Waals surface area contributed by atoms with Crippen LogP contribution in [0.3, 0.4) is 0 Å². The van der Waals surface area contributed by atoms with Crippen molar-refractivity contribution < 1.29 is 17.9 Å². The third kappa shape index (κ3) is 3.66. The molecular weight excluding hydrogens is 460 g/mol. The number of hydrogen-bond acceptors (Lipinski definition) is 4. The van der Waals surface area contributed by atoms with Gasteiger partial charge in [0.05, 0.1) is 20.3 Å². The van der Waals surface area contributed by atoms with Gasteiger partial charge in [-0.3, -0.25) is 0 Å². The lowest BCUT2D eigenvalue weighted by atomic mass is 9.94. The van der Waals surface area contributed by atoms with Gasteiger partial charge >= 0.3 is 0 Å². The Labute approximate surface area is 197 Å². The van der Waals surface area contributed by atoms with E-state index in [9.17, 15) is 8.42 Å². The van der Waals surface area contributed by atoms with E-state index in [2.05, 4.69) is 4.98 Å². The summed E-state index contributed by atoms with van der Waals surface area (Å²) in [6.07, 6.45) is 0.566. The Bertz CT molecular complexity index is 1430. The Morgan fingerprint density at radius 1 is 1.00 bits per heavy atom. The average Bonchev–Trinajstić information content (AvgIpc) is 3.21. The van der Waals surface area contributed by atoms with Crippen molar-refractivity contribution in [1.82, 2.24) is 9.29 Å². The monoisotopic (exact) mass is 482 g/mol. The molecule has 1 aliphatic heterocycles. The number of rotatable bonds is 5. The summed E-state index contributed by atoms with van der Waals surface area (Å²) >= 11 is 6.27. The fraction of sp³-hybridized carbons (Fsp3) is 0.200. The fourth-order valence-corrected chi connectivity index (χ4v) is 6.49. The summed E-state index contributed by atoms with van der Waals surface area (Å²) in [4.78, 5) is 3.62. The topological polar surface area (TPSA) is 71.6 Å². The minimum atomic E-state index is -3.88. The highest BCUT2D eigenvalue weighted by Crippen LogP contribution is 2.42. The zero-order valence-corrected chi connectivity index (χ0v) is 19.8. The molecule has 1 N–H and O–H groups in total. The summed E-state index contributed by atoms with van der Waals surface area (Å²) in [5.41, 5.74) is 3.70. The number of nitrogens with one attached hydrogen (secondary N) is 1. The van der Waals surface area contributed by atoms with Crippen molar-refractivity contribution in [2.24, 2.45) is 0 Å². The van der Waals surface area contributed by atoms with Crippen LogP contribution in [0.4, 0.5) is 0 Å². The molecule has 1 aliphatic rings. The van der Waals surface area contributed by atoms with Gasteiger partial charge in [0.2, 0.25) is 10.0 Å². The van der Waals surface area contributed by atoms with Crippen LogP contribution in [0.25, 0.3) is 10.9 Å². The molecule has 6 nitrogen and oxygen atoms in total. The summed E-state index contributed by atoms with van der Waals surface area (Å²) in [5, 5.41) is 1.67. The molecule has 0 bridgehead atoms. The Morgan fingerprint density at radius 2 is 1.76 bits per heavy atom. The number of sulfonamides is 1. The quantitative estimate of drug-likeness (QED) is 0.425. The van der Waals surface area contributed by atoms with Crippen LogP contribution in [0, 0.1) is 0 Å². The maximum absolute atomic E-state index is 13.9. The second kappa shape index (κ2) is 8.41. The standard InChI is InChI=1S/C25H23ClN2O4S/c1-31-18-10-7-16(8-11-18)25-24-19(20-15-17(26)9-12-21(20)27-24)13-14-28(25)33(29,30)23-6-4-3-5-22(23)32-2/h3-12,15,25,27H,13-14H2,1-2H3. The van der Waals surface area contributed by atoms with E-state index in [4.69, 9.17) is 21.1 Å². The third-order valence-corrected chi connectivity index (χ3v) is 8.27. The van der Waals surface area contributed by atoms with Gasteiger partial charge in [0, 0.05) is 28.2 Å². The molecular formula is C25H23ClN2O4S. The van der Waals surface area contributed by atoms with Crippen LogP contribution in [0.15, 0.2) is 71.6 Å². The molecule has 1 atom stereocenters. The minimum Gasteiger partial charge on any atom is -0.497 e. The molecule has 0 amide bonds. The molecule has 33 heavy (non-hydrogen) atoms. The number of methoxy groups -OCH3 is 2. The molecule has 2 heterocycles. The van der Waals surface area contributed by atoms with Crippen LogP contribution in [-0.4, -0.2) is 38.5 Å². The molecule has 0 saturated carbocycles. The first-order valence-electron chi connectivity index (χ1n) is 10.5. The van der Waals surface area contributed by atoms with Crippen LogP contribution < -0.4 is 9.47 Å². The zero-order chi connectivity index (χ0) is 23.2. The van der Waals surface area contributed by atoms with Crippen molar-refractivity contribution in [3.63, 3.8) is 0 Å². The van der Waals surface area contributed by atoms with Gasteiger partial charge in [0.15, 0.2) is 0 Å². The highest BCUT2D eigenvalue weighted by Gasteiger charge is 2.40. The molecule has 1 unspecified atom stereocenters. The molecule has 0 saturated heterocycles. The van der Waals surface area contributed by atoms with Crippen molar-refractivity contribution >= 4 is 32.5 Å². The minimum absolute atomic E-state index is 0.147. The Hall–Kier alpha value is -3.00. The summed E-state index contributed by atoms with van der Waals surface area (Å²) in [6.45, 7) is 0.323. The number of halogens is 1. The summed E-state index contributed by atoms with van der Waals surface area (Å²) < 4.78 is 40.1. The molecule has 4 aromatic rings. The van der Waals surface area contributed by atoms with Gasteiger partial charge in [-0.05, 0) is 60.0 Å². The predicted octanol–water partition coefficient (Wildman–Crippen LogP) is 5.17. The van der Waals surface area contributed by atoms with Gasteiger partial charge < -0.3 is 14.5 Å². The van der Waals surface area contributed by atoms with E-state index in [0.717, 1.165) is 27.7 Å². The molecule has 170 valence electrons. The number of hydrogen-bond donors (Lipinski definition) is 1. The predicted molar refractivity (Wildman–Crippen MR) is 129 cm³/mol. The normalized spacial score (nSPS) is 16.5. The van der Waals surface area contributed by atoms with E-state index in [-0.39, 0.29) is 4.90 Å². The average molecular weight is 483 g/mol. The second-order valence-corrected chi connectivity index (χ2v) is 10.2. The van der Waals surface area contributed by atoms with Crippen LogP contribution in [0.1, 0.15) is 22.9 Å². The zero-order valence-electron chi connectivity index (χ0n) is 18.2. The molecule has 1 aromatic heterocycles. The first kappa shape index (κ1) is 21.8. The van der Waals surface area contributed by atoms with Gasteiger partial charge in [-0.1, -0.05) is 35.9 Å². The largest absolute Gasteiger partial charge is 0.497 e. The van der Waals surface area contributed by atoms with E-state index in [1.54, 1.807) is 35.7 Å². The van der Waals surface area contributed by atoms with Crippen molar-refractivity contribution in [1.29, 1.82) is 0 Å². The van der Waals surface area contributed by atoms with Crippen LogP contribution in [-0.2, 0) is 16.4 Å².